The van der Waals surface area contributed by atoms with Gasteiger partial charge in [-0.1, -0.05) is 43.4 Å². The van der Waals surface area contributed by atoms with Gasteiger partial charge in [-0.2, -0.15) is 0 Å². The molecular weight excluding hydrogens is 240 g/mol. The smallest absolute Gasteiger partial charge is 0.0662 e. The molecule has 0 saturated heterocycles. The van der Waals surface area contributed by atoms with Crippen molar-refractivity contribution < 1.29 is 5.11 Å². The van der Waals surface area contributed by atoms with Gasteiger partial charge in [-0.15, -0.1) is 11.8 Å². The summed E-state index contributed by atoms with van der Waals surface area (Å²) in [6.45, 7) is 2.12. The second-order valence-electron chi connectivity index (χ2n) is 5.45. The fraction of sp³-hybridized carbons (Fsp3) is 0.625. The van der Waals surface area contributed by atoms with E-state index in [4.69, 9.17) is 0 Å². The third kappa shape index (κ3) is 4.33. The Balaban J connectivity index is 1.81. The van der Waals surface area contributed by atoms with Crippen LogP contribution in [0.5, 0.6) is 0 Å². The van der Waals surface area contributed by atoms with E-state index >= 15 is 0 Å². The summed E-state index contributed by atoms with van der Waals surface area (Å²) in [5.41, 5.74) is 1.30. The maximum absolute atomic E-state index is 10.3. The van der Waals surface area contributed by atoms with Crippen LogP contribution in [0.3, 0.4) is 0 Å². The average molecular weight is 264 g/mol. The molecule has 100 valence electrons. The number of thioether (sulfide) groups is 1. The van der Waals surface area contributed by atoms with Crippen molar-refractivity contribution in [1.82, 2.24) is 0 Å². The van der Waals surface area contributed by atoms with Gasteiger partial charge in [0.15, 0.2) is 0 Å². The van der Waals surface area contributed by atoms with Crippen LogP contribution in [0.2, 0.25) is 0 Å². The van der Waals surface area contributed by atoms with Crippen LogP contribution in [-0.4, -0.2) is 17.0 Å². The number of hydrogen-bond donors (Lipinski definition) is 1. The van der Waals surface area contributed by atoms with Crippen LogP contribution >= 0.6 is 11.8 Å². The Morgan fingerprint density at radius 2 is 1.94 bits per heavy atom. The molecule has 0 aliphatic heterocycles. The molecular formula is C16H24OS. The van der Waals surface area contributed by atoms with E-state index in [1.54, 1.807) is 11.8 Å². The molecule has 1 N–H and O–H groups in total. The van der Waals surface area contributed by atoms with Gasteiger partial charge in [-0.3, -0.25) is 0 Å². The maximum Gasteiger partial charge on any atom is 0.0662 e. The summed E-state index contributed by atoms with van der Waals surface area (Å²) in [7, 11) is 0. The van der Waals surface area contributed by atoms with Crippen molar-refractivity contribution in [2.45, 2.75) is 56.4 Å². The van der Waals surface area contributed by atoms with E-state index < -0.39 is 0 Å². The summed E-state index contributed by atoms with van der Waals surface area (Å²) in [5, 5.41) is 10.3. The summed E-state index contributed by atoms with van der Waals surface area (Å²) in [5.74, 6) is 1.37. The summed E-state index contributed by atoms with van der Waals surface area (Å²) in [6, 6.07) is 8.55. The molecule has 0 aromatic heterocycles. The van der Waals surface area contributed by atoms with Crippen LogP contribution in [0.1, 0.15) is 44.1 Å². The number of aryl methyl sites for hydroxylation is 1. The standard InChI is InChI=1S/C16H24OS/c1-13-7-6-10-15(11-13)18-12-16(17)14-8-4-2-3-5-9-14/h6-7,10-11,14,16-17H,2-5,8-9,12H2,1H3. The molecule has 1 aliphatic rings. The lowest BCUT2D eigenvalue weighted by atomic mass is 9.95. The lowest BCUT2D eigenvalue weighted by molar-refractivity contribution is 0.120. The van der Waals surface area contributed by atoms with Gasteiger partial charge >= 0.3 is 0 Å². The van der Waals surface area contributed by atoms with Crippen LogP contribution < -0.4 is 0 Å². The predicted octanol–water partition coefficient (Wildman–Crippen LogP) is 4.42. The van der Waals surface area contributed by atoms with E-state index in [0.717, 1.165) is 5.75 Å². The number of rotatable bonds is 4. The number of aliphatic hydroxyl groups is 1. The van der Waals surface area contributed by atoms with Gasteiger partial charge in [-0.05, 0) is 37.8 Å². The topological polar surface area (TPSA) is 20.2 Å². The van der Waals surface area contributed by atoms with Gasteiger partial charge in [0.05, 0.1) is 6.10 Å². The first-order valence-electron chi connectivity index (χ1n) is 7.13. The summed E-state index contributed by atoms with van der Waals surface area (Å²) in [6.07, 6.45) is 7.62. The van der Waals surface area contributed by atoms with Crippen molar-refractivity contribution in [2.75, 3.05) is 5.75 Å². The number of aliphatic hydroxyl groups excluding tert-OH is 1. The van der Waals surface area contributed by atoms with Crippen LogP contribution in [0.15, 0.2) is 29.2 Å². The van der Waals surface area contributed by atoms with Crippen molar-refractivity contribution >= 4 is 11.8 Å². The molecule has 0 amide bonds. The highest BCUT2D eigenvalue weighted by atomic mass is 32.2. The Hall–Kier alpha value is -0.470. The molecule has 0 radical (unpaired) electrons. The van der Waals surface area contributed by atoms with E-state index in [1.165, 1.54) is 49.0 Å². The molecule has 2 heteroatoms. The normalized spacial score (nSPS) is 19.4. The summed E-state index contributed by atoms with van der Waals surface area (Å²) >= 11 is 1.79. The zero-order valence-electron chi connectivity index (χ0n) is 11.3. The van der Waals surface area contributed by atoms with Gasteiger partial charge in [-0.25, -0.2) is 0 Å². The molecule has 1 aromatic carbocycles. The van der Waals surface area contributed by atoms with Gasteiger partial charge in [0.25, 0.3) is 0 Å². The van der Waals surface area contributed by atoms with Crippen LogP contribution in [0, 0.1) is 12.8 Å². The summed E-state index contributed by atoms with van der Waals surface area (Å²) < 4.78 is 0. The molecule has 1 atom stereocenters. The van der Waals surface area contributed by atoms with Crippen molar-refractivity contribution in [2.24, 2.45) is 5.92 Å². The summed E-state index contributed by atoms with van der Waals surface area (Å²) in [4.78, 5) is 1.28. The lowest BCUT2D eigenvalue weighted by Crippen LogP contribution is -2.22. The molecule has 1 saturated carbocycles. The molecule has 1 nitrogen and oxygen atoms in total. The van der Waals surface area contributed by atoms with Crippen LogP contribution in [0.4, 0.5) is 0 Å². The van der Waals surface area contributed by atoms with Gasteiger partial charge < -0.3 is 5.11 Å². The highest BCUT2D eigenvalue weighted by molar-refractivity contribution is 7.99. The minimum absolute atomic E-state index is 0.131. The third-order valence-corrected chi connectivity index (χ3v) is 4.95. The van der Waals surface area contributed by atoms with Crippen molar-refractivity contribution in [3.8, 4) is 0 Å². The molecule has 1 aromatic rings. The van der Waals surface area contributed by atoms with Crippen molar-refractivity contribution in [3.63, 3.8) is 0 Å². The second kappa shape index (κ2) is 7.20. The molecule has 0 bridgehead atoms. The Bertz CT molecular complexity index is 356. The maximum atomic E-state index is 10.3. The van der Waals surface area contributed by atoms with E-state index in [1.807, 2.05) is 0 Å². The molecule has 2 rings (SSSR count). The van der Waals surface area contributed by atoms with E-state index in [9.17, 15) is 5.11 Å². The quantitative estimate of drug-likeness (QED) is 0.642. The molecule has 18 heavy (non-hydrogen) atoms. The van der Waals surface area contributed by atoms with E-state index in [2.05, 4.69) is 31.2 Å². The lowest BCUT2D eigenvalue weighted by Gasteiger charge is -2.20. The van der Waals surface area contributed by atoms with Crippen LogP contribution in [-0.2, 0) is 0 Å². The molecule has 0 spiro atoms. The zero-order valence-corrected chi connectivity index (χ0v) is 12.1. The monoisotopic (exact) mass is 264 g/mol. The number of benzene rings is 1. The Morgan fingerprint density at radius 1 is 1.22 bits per heavy atom. The van der Waals surface area contributed by atoms with Gasteiger partial charge in [0, 0.05) is 10.6 Å². The first kappa shape index (κ1) is 14.0. The molecule has 1 aliphatic carbocycles. The van der Waals surface area contributed by atoms with Gasteiger partial charge in [0.1, 0.15) is 0 Å². The third-order valence-electron chi connectivity index (χ3n) is 3.85. The molecule has 1 fully saturated rings. The molecule has 0 heterocycles. The Labute approximate surface area is 115 Å². The highest BCUT2D eigenvalue weighted by Crippen LogP contribution is 2.29. The minimum atomic E-state index is -0.131. The minimum Gasteiger partial charge on any atom is -0.392 e. The van der Waals surface area contributed by atoms with Crippen molar-refractivity contribution in [1.29, 1.82) is 0 Å². The fourth-order valence-electron chi connectivity index (χ4n) is 2.72. The zero-order chi connectivity index (χ0) is 12.8. The van der Waals surface area contributed by atoms with E-state index in [0.29, 0.717) is 5.92 Å². The Morgan fingerprint density at radius 3 is 2.61 bits per heavy atom. The fourth-order valence-corrected chi connectivity index (χ4v) is 3.80. The molecule has 1 unspecified atom stereocenters. The second-order valence-corrected chi connectivity index (χ2v) is 6.54. The largest absolute Gasteiger partial charge is 0.392 e. The van der Waals surface area contributed by atoms with Gasteiger partial charge in [0.2, 0.25) is 0 Å². The van der Waals surface area contributed by atoms with Crippen LogP contribution in [0.25, 0.3) is 0 Å². The predicted molar refractivity (Wildman–Crippen MR) is 79.1 cm³/mol. The average Bonchev–Trinajstić information content (AvgIpc) is 2.65. The number of hydrogen-bond acceptors (Lipinski definition) is 2. The highest BCUT2D eigenvalue weighted by Gasteiger charge is 2.20. The SMILES string of the molecule is Cc1cccc(SCC(O)C2CCCCCC2)c1. The Kier molecular flexibility index (Phi) is 5.58. The first-order valence-corrected chi connectivity index (χ1v) is 8.12. The van der Waals surface area contributed by atoms with E-state index in [-0.39, 0.29) is 6.10 Å². The first-order chi connectivity index (χ1) is 8.75. The van der Waals surface area contributed by atoms with Crippen molar-refractivity contribution in [3.05, 3.63) is 29.8 Å².